The molecular weight excluding hydrogens is 312 g/mol. The number of amides is 1. The maximum Gasteiger partial charge on any atom is 0.234 e. The summed E-state index contributed by atoms with van der Waals surface area (Å²) in [5, 5.41) is 11.8. The van der Waals surface area contributed by atoms with Crippen LogP contribution in [0.1, 0.15) is 17.5 Å². The monoisotopic (exact) mass is 328 g/mol. The van der Waals surface area contributed by atoms with Crippen molar-refractivity contribution >= 4 is 17.5 Å². The molecule has 0 radical (unpaired) electrons. The van der Waals surface area contributed by atoms with E-state index in [9.17, 15) is 4.79 Å². The molecule has 2 aromatic carbocycles. The first-order chi connectivity index (χ1) is 11.2. The van der Waals surface area contributed by atoms with Gasteiger partial charge in [0.1, 0.15) is 18.8 Å². The predicted octanol–water partition coefficient (Wildman–Crippen LogP) is 3.49. The van der Waals surface area contributed by atoms with Gasteiger partial charge in [0.05, 0.1) is 6.07 Å². The normalized spacial score (nSPS) is 9.91. The summed E-state index contributed by atoms with van der Waals surface area (Å²) in [5.41, 5.74) is 2.00. The summed E-state index contributed by atoms with van der Waals surface area (Å²) in [7, 11) is 0. The zero-order valence-corrected chi connectivity index (χ0v) is 13.3. The molecule has 0 unspecified atom stereocenters. The predicted molar refractivity (Wildman–Crippen MR) is 89.2 cm³/mol. The molecule has 5 heteroatoms. The molecule has 0 bridgehead atoms. The van der Waals surface area contributed by atoms with Gasteiger partial charge in [0.15, 0.2) is 0 Å². The Morgan fingerprint density at radius 2 is 2.00 bits per heavy atom. The van der Waals surface area contributed by atoms with Gasteiger partial charge in [0, 0.05) is 11.6 Å². The number of ether oxygens (including phenoxy) is 1. The quantitative estimate of drug-likeness (QED) is 0.846. The highest BCUT2D eigenvalue weighted by Crippen LogP contribution is 2.24. The highest BCUT2D eigenvalue weighted by atomic mass is 35.5. The van der Waals surface area contributed by atoms with Gasteiger partial charge in [-0.3, -0.25) is 4.79 Å². The van der Waals surface area contributed by atoms with Gasteiger partial charge < -0.3 is 10.1 Å². The van der Waals surface area contributed by atoms with Crippen LogP contribution in [0.4, 0.5) is 0 Å². The molecule has 1 N–H and O–H groups in total. The van der Waals surface area contributed by atoms with Crippen LogP contribution >= 0.6 is 11.6 Å². The number of hydrogen-bond donors (Lipinski definition) is 1. The van der Waals surface area contributed by atoms with Crippen molar-refractivity contribution in [2.75, 3.05) is 6.54 Å². The summed E-state index contributed by atoms with van der Waals surface area (Å²) in [4.78, 5) is 11.3. The Morgan fingerprint density at radius 1 is 1.22 bits per heavy atom. The van der Waals surface area contributed by atoms with Gasteiger partial charge in [-0.05, 0) is 35.7 Å². The van der Waals surface area contributed by atoms with E-state index in [-0.39, 0.29) is 12.3 Å². The van der Waals surface area contributed by atoms with Crippen LogP contribution in [-0.4, -0.2) is 12.5 Å². The van der Waals surface area contributed by atoms with Gasteiger partial charge in [0.2, 0.25) is 5.91 Å². The Labute approximate surface area is 140 Å². The topological polar surface area (TPSA) is 62.1 Å². The maximum absolute atomic E-state index is 11.3. The van der Waals surface area contributed by atoms with Crippen molar-refractivity contribution in [2.45, 2.75) is 19.4 Å². The molecule has 0 saturated heterocycles. The number of nitrogens with zero attached hydrogens (tertiary/aromatic N) is 1. The van der Waals surface area contributed by atoms with E-state index in [1.165, 1.54) is 0 Å². The van der Waals surface area contributed by atoms with Crippen molar-refractivity contribution in [3.63, 3.8) is 0 Å². The first-order valence-electron chi connectivity index (χ1n) is 7.28. The lowest BCUT2D eigenvalue weighted by molar-refractivity contribution is -0.120. The highest BCUT2D eigenvalue weighted by Gasteiger charge is 2.07. The molecule has 4 nitrogen and oxygen atoms in total. The number of carbonyl (C=O) groups excluding carboxylic acids is 1. The SMILES string of the molecule is N#CCC(=O)NCCc1cc(Cl)ccc1OCc1ccccc1. The fourth-order valence-corrected chi connectivity index (χ4v) is 2.29. The second kappa shape index (κ2) is 8.82. The van der Waals surface area contributed by atoms with Gasteiger partial charge in [0.25, 0.3) is 0 Å². The molecule has 0 aliphatic carbocycles. The summed E-state index contributed by atoms with van der Waals surface area (Å²) in [5.74, 6) is 0.467. The van der Waals surface area contributed by atoms with Crippen molar-refractivity contribution in [3.05, 3.63) is 64.7 Å². The van der Waals surface area contributed by atoms with Crippen LogP contribution in [0.25, 0.3) is 0 Å². The number of benzene rings is 2. The fraction of sp³-hybridized carbons (Fsp3) is 0.222. The Hall–Kier alpha value is -2.51. The molecule has 1 amide bonds. The first kappa shape index (κ1) is 16.9. The van der Waals surface area contributed by atoms with Crippen molar-refractivity contribution in [3.8, 4) is 11.8 Å². The summed E-state index contributed by atoms with van der Waals surface area (Å²) in [6.07, 6.45) is 0.453. The minimum atomic E-state index is -0.277. The van der Waals surface area contributed by atoms with Crippen molar-refractivity contribution in [2.24, 2.45) is 0 Å². The Kier molecular flexibility index (Phi) is 6.46. The highest BCUT2D eigenvalue weighted by molar-refractivity contribution is 6.30. The molecule has 0 fully saturated rings. The van der Waals surface area contributed by atoms with Gasteiger partial charge in [-0.1, -0.05) is 41.9 Å². The molecule has 0 atom stereocenters. The minimum Gasteiger partial charge on any atom is -0.489 e. The summed E-state index contributed by atoms with van der Waals surface area (Å²) in [6.45, 7) is 0.902. The zero-order chi connectivity index (χ0) is 16.5. The van der Waals surface area contributed by atoms with Crippen LogP contribution in [0.2, 0.25) is 5.02 Å². The van der Waals surface area contributed by atoms with E-state index in [2.05, 4.69) is 5.32 Å². The van der Waals surface area contributed by atoms with E-state index in [0.717, 1.165) is 16.9 Å². The standard InChI is InChI=1S/C18H17ClN2O2/c19-16-6-7-17(23-13-14-4-2-1-3-5-14)15(12-16)9-11-21-18(22)8-10-20/h1-7,12H,8-9,11,13H2,(H,21,22). The average Bonchev–Trinajstić information content (AvgIpc) is 2.55. The first-order valence-corrected chi connectivity index (χ1v) is 7.65. The number of halogens is 1. The van der Waals surface area contributed by atoms with Gasteiger partial charge in [-0.2, -0.15) is 5.26 Å². The van der Waals surface area contributed by atoms with Crippen molar-refractivity contribution in [1.29, 1.82) is 5.26 Å². The maximum atomic E-state index is 11.3. The minimum absolute atomic E-state index is 0.132. The molecule has 0 heterocycles. The number of carbonyl (C=O) groups is 1. The van der Waals surface area contributed by atoms with Crippen LogP contribution in [-0.2, 0) is 17.8 Å². The lowest BCUT2D eigenvalue weighted by atomic mass is 10.1. The van der Waals surface area contributed by atoms with Crippen LogP contribution in [0, 0.1) is 11.3 Å². The van der Waals surface area contributed by atoms with Crippen LogP contribution < -0.4 is 10.1 Å². The second-order valence-corrected chi connectivity index (χ2v) is 5.40. The van der Waals surface area contributed by atoms with Crippen LogP contribution in [0.3, 0.4) is 0 Å². The third kappa shape index (κ3) is 5.65. The summed E-state index contributed by atoms with van der Waals surface area (Å²) in [6, 6.07) is 17.1. The molecule has 23 heavy (non-hydrogen) atoms. The van der Waals surface area contributed by atoms with E-state index in [1.807, 2.05) is 48.5 Å². The molecule has 2 rings (SSSR count). The molecule has 0 saturated carbocycles. The number of rotatable bonds is 7. The van der Waals surface area contributed by atoms with E-state index in [4.69, 9.17) is 21.6 Å². The Morgan fingerprint density at radius 3 is 2.74 bits per heavy atom. The zero-order valence-electron chi connectivity index (χ0n) is 12.6. The largest absolute Gasteiger partial charge is 0.489 e. The number of hydrogen-bond acceptors (Lipinski definition) is 3. The van der Waals surface area contributed by atoms with E-state index >= 15 is 0 Å². The van der Waals surface area contributed by atoms with E-state index in [0.29, 0.717) is 24.6 Å². The Balaban J connectivity index is 1.97. The molecule has 0 spiro atoms. The lowest BCUT2D eigenvalue weighted by Crippen LogP contribution is -2.25. The smallest absolute Gasteiger partial charge is 0.234 e. The fourth-order valence-electron chi connectivity index (χ4n) is 2.09. The molecule has 118 valence electrons. The summed E-state index contributed by atoms with van der Waals surface area (Å²) >= 11 is 6.04. The lowest BCUT2D eigenvalue weighted by Gasteiger charge is -2.12. The molecule has 0 aliphatic rings. The third-order valence-corrected chi connectivity index (χ3v) is 3.45. The van der Waals surface area contributed by atoms with E-state index < -0.39 is 0 Å². The van der Waals surface area contributed by atoms with Gasteiger partial charge >= 0.3 is 0 Å². The van der Waals surface area contributed by atoms with Crippen LogP contribution in [0.15, 0.2) is 48.5 Å². The molecule has 0 aliphatic heterocycles. The van der Waals surface area contributed by atoms with Gasteiger partial charge in [-0.15, -0.1) is 0 Å². The van der Waals surface area contributed by atoms with Crippen molar-refractivity contribution in [1.82, 2.24) is 5.32 Å². The number of nitrogens with one attached hydrogen (secondary N) is 1. The molecule has 0 aromatic heterocycles. The van der Waals surface area contributed by atoms with Crippen molar-refractivity contribution < 1.29 is 9.53 Å². The average molecular weight is 329 g/mol. The number of nitriles is 1. The Bertz CT molecular complexity index is 696. The van der Waals surface area contributed by atoms with E-state index in [1.54, 1.807) is 6.07 Å². The van der Waals surface area contributed by atoms with Crippen LogP contribution in [0.5, 0.6) is 5.75 Å². The molecular formula is C18H17ClN2O2. The summed E-state index contributed by atoms with van der Waals surface area (Å²) < 4.78 is 5.86. The second-order valence-electron chi connectivity index (χ2n) is 4.96. The molecule has 2 aromatic rings. The third-order valence-electron chi connectivity index (χ3n) is 3.22. The van der Waals surface area contributed by atoms with Gasteiger partial charge in [-0.25, -0.2) is 0 Å².